The van der Waals surface area contributed by atoms with E-state index in [1.165, 1.54) is 5.57 Å². The summed E-state index contributed by atoms with van der Waals surface area (Å²) in [4.78, 5) is 0. The molecule has 2 aliphatic rings. The number of hydrogen-bond acceptors (Lipinski definition) is 2. The minimum absolute atomic E-state index is 0.0554. The van der Waals surface area contributed by atoms with Crippen LogP contribution in [-0.2, 0) is 0 Å². The minimum atomic E-state index is 0.0554. The Labute approximate surface area is 122 Å². The van der Waals surface area contributed by atoms with Crippen LogP contribution >= 0.6 is 0 Å². The number of furan rings is 1. The first kappa shape index (κ1) is 11.0. The fraction of sp³-hybridized carbons (Fsp3) is 0.0526. The molecule has 0 saturated heterocycles. The van der Waals surface area contributed by atoms with E-state index in [9.17, 15) is 0 Å². The summed E-state index contributed by atoms with van der Waals surface area (Å²) in [6.07, 6.45) is 8.04. The van der Waals surface area contributed by atoms with Crippen molar-refractivity contribution >= 4 is 16.3 Å². The van der Waals surface area contributed by atoms with E-state index in [-0.39, 0.29) is 6.10 Å². The van der Waals surface area contributed by atoms with Crippen LogP contribution in [0.2, 0.25) is 0 Å². The summed E-state index contributed by atoms with van der Waals surface area (Å²) in [6, 6.07) is 15.6. The largest absolute Gasteiger partial charge is 0.481 e. The summed E-state index contributed by atoms with van der Waals surface area (Å²) in [5.74, 6) is 1.76. The maximum Gasteiger partial charge on any atom is 0.143 e. The average Bonchev–Trinajstić information content (AvgIpc) is 3.20. The second-order valence-electron chi connectivity index (χ2n) is 5.31. The SMILES string of the molecule is [c]1c(-c2occ3ccccc23)ccc2c1C1=CC=CC1O2. The number of fused-ring (bicyclic) bond motifs is 4. The first-order valence-electron chi connectivity index (χ1n) is 6.98. The number of rotatable bonds is 1. The van der Waals surface area contributed by atoms with Gasteiger partial charge in [-0.2, -0.15) is 0 Å². The molecule has 2 heterocycles. The van der Waals surface area contributed by atoms with Gasteiger partial charge in [0.05, 0.1) is 6.26 Å². The van der Waals surface area contributed by atoms with Gasteiger partial charge in [-0.25, -0.2) is 0 Å². The second kappa shape index (κ2) is 3.89. The molecule has 1 aliphatic heterocycles. The predicted octanol–water partition coefficient (Wildman–Crippen LogP) is 4.61. The first-order chi connectivity index (χ1) is 10.4. The highest BCUT2D eigenvalue weighted by Gasteiger charge is 2.29. The molecule has 3 aromatic rings. The molecule has 5 rings (SSSR count). The Hall–Kier alpha value is -2.74. The van der Waals surface area contributed by atoms with Gasteiger partial charge in [-0.05, 0) is 18.2 Å². The van der Waals surface area contributed by atoms with E-state index in [0.717, 1.165) is 33.4 Å². The molecule has 0 amide bonds. The van der Waals surface area contributed by atoms with Gasteiger partial charge in [0.25, 0.3) is 0 Å². The lowest BCUT2D eigenvalue weighted by Crippen LogP contribution is -2.04. The van der Waals surface area contributed by atoms with Gasteiger partial charge in [-0.15, -0.1) is 0 Å². The molecule has 1 atom stereocenters. The molecule has 1 aromatic heterocycles. The Morgan fingerprint density at radius 1 is 1.05 bits per heavy atom. The lowest BCUT2D eigenvalue weighted by atomic mass is 10.0. The molecule has 0 N–H and O–H groups in total. The van der Waals surface area contributed by atoms with Crippen molar-refractivity contribution < 1.29 is 9.15 Å². The molecule has 0 fully saturated rings. The van der Waals surface area contributed by atoms with Crippen molar-refractivity contribution in [2.75, 3.05) is 0 Å². The topological polar surface area (TPSA) is 22.4 Å². The third kappa shape index (κ3) is 1.47. The molecule has 99 valence electrons. The van der Waals surface area contributed by atoms with Crippen LogP contribution in [-0.4, -0.2) is 6.10 Å². The van der Waals surface area contributed by atoms with Crippen LogP contribution in [0.5, 0.6) is 5.75 Å². The molecule has 0 bridgehead atoms. The Morgan fingerprint density at radius 2 is 2.00 bits per heavy atom. The summed E-state index contributed by atoms with van der Waals surface area (Å²) in [5.41, 5.74) is 3.19. The van der Waals surface area contributed by atoms with Gasteiger partial charge in [-0.1, -0.05) is 36.4 Å². The van der Waals surface area contributed by atoms with Gasteiger partial charge in [0.2, 0.25) is 0 Å². The standard InChI is InChI=1S/C19H11O2/c1-2-5-14-13(4-1)11-20-19(14)12-8-9-18-16(10-12)15-6-3-7-17(15)21-18/h1-9,11,17H. The lowest BCUT2D eigenvalue weighted by Gasteiger charge is -2.02. The zero-order chi connectivity index (χ0) is 13.8. The normalized spacial score (nSPS) is 18.5. The molecule has 2 aromatic carbocycles. The van der Waals surface area contributed by atoms with Gasteiger partial charge in [-0.3, -0.25) is 0 Å². The van der Waals surface area contributed by atoms with E-state index in [0.29, 0.717) is 0 Å². The summed E-state index contributed by atoms with van der Waals surface area (Å²) in [7, 11) is 0. The monoisotopic (exact) mass is 271 g/mol. The van der Waals surface area contributed by atoms with Crippen molar-refractivity contribution in [1.82, 2.24) is 0 Å². The van der Waals surface area contributed by atoms with Crippen molar-refractivity contribution in [3.05, 3.63) is 72.5 Å². The number of ether oxygens (including phenoxy) is 1. The lowest BCUT2D eigenvalue weighted by molar-refractivity contribution is 0.325. The highest BCUT2D eigenvalue weighted by atomic mass is 16.5. The van der Waals surface area contributed by atoms with Gasteiger partial charge in [0.15, 0.2) is 0 Å². The van der Waals surface area contributed by atoms with E-state index >= 15 is 0 Å². The fourth-order valence-electron chi connectivity index (χ4n) is 3.05. The van der Waals surface area contributed by atoms with Crippen LogP contribution in [0.15, 0.2) is 65.3 Å². The molecule has 2 nitrogen and oxygen atoms in total. The van der Waals surface area contributed by atoms with Crippen LogP contribution < -0.4 is 4.74 Å². The highest BCUT2D eigenvalue weighted by Crippen LogP contribution is 2.42. The Kier molecular flexibility index (Phi) is 2.03. The number of allylic oxidation sites excluding steroid dienone is 2. The van der Waals surface area contributed by atoms with Crippen molar-refractivity contribution in [1.29, 1.82) is 0 Å². The van der Waals surface area contributed by atoms with E-state index < -0.39 is 0 Å². The smallest absolute Gasteiger partial charge is 0.143 e. The van der Waals surface area contributed by atoms with E-state index in [1.54, 1.807) is 6.26 Å². The van der Waals surface area contributed by atoms with Crippen LogP contribution in [0, 0.1) is 6.07 Å². The zero-order valence-corrected chi connectivity index (χ0v) is 11.2. The molecule has 0 saturated carbocycles. The van der Waals surface area contributed by atoms with Crippen LogP contribution in [0.4, 0.5) is 0 Å². The number of benzene rings is 2. The molecule has 0 spiro atoms. The summed E-state index contributed by atoms with van der Waals surface area (Å²) >= 11 is 0. The molecule has 2 heteroatoms. The predicted molar refractivity (Wildman–Crippen MR) is 82.0 cm³/mol. The zero-order valence-electron chi connectivity index (χ0n) is 11.2. The Balaban J connectivity index is 1.70. The molecule has 1 aliphatic carbocycles. The Morgan fingerprint density at radius 3 is 3.00 bits per heavy atom. The van der Waals surface area contributed by atoms with Crippen molar-refractivity contribution in [2.24, 2.45) is 0 Å². The van der Waals surface area contributed by atoms with Gasteiger partial charge in [0.1, 0.15) is 17.6 Å². The Bertz CT molecular complexity index is 928. The van der Waals surface area contributed by atoms with Gasteiger partial charge < -0.3 is 9.15 Å². The van der Waals surface area contributed by atoms with E-state index in [2.05, 4.69) is 30.4 Å². The molecular weight excluding hydrogens is 260 g/mol. The van der Waals surface area contributed by atoms with Crippen molar-refractivity contribution in [2.45, 2.75) is 6.10 Å². The summed E-state index contributed by atoms with van der Waals surface area (Å²) in [5, 5.41) is 2.22. The van der Waals surface area contributed by atoms with Crippen LogP contribution in [0.1, 0.15) is 5.56 Å². The van der Waals surface area contributed by atoms with Crippen LogP contribution in [0.3, 0.4) is 0 Å². The van der Waals surface area contributed by atoms with Gasteiger partial charge >= 0.3 is 0 Å². The first-order valence-corrected chi connectivity index (χ1v) is 6.98. The van der Waals surface area contributed by atoms with Gasteiger partial charge in [0, 0.05) is 33.5 Å². The van der Waals surface area contributed by atoms with Crippen molar-refractivity contribution in [3.8, 4) is 17.1 Å². The molecular formula is C19H11O2. The quantitative estimate of drug-likeness (QED) is 0.644. The maximum atomic E-state index is 5.87. The van der Waals surface area contributed by atoms with E-state index in [4.69, 9.17) is 9.15 Å². The molecule has 21 heavy (non-hydrogen) atoms. The van der Waals surface area contributed by atoms with Crippen LogP contribution in [0.25, 0.3) is 27.7 Å². The average molecular weight is 271 g/mol. The van der Waals surface area contributed by atoms with Crippen molar-refractivity contribution in [3.63, 3.8) is 0 Å². The third-order valence-corrected chi connectivity index (χ3v) is 4.07. The molecule has 1 unspecified atom stereocenters. The van der Waals surface area contributed by atoms with E-state index in [1.807, 2.05) is 30.3 Å². The fourth-order valence-corrected chi connectivity index (χ4v) is 3.05. The maximum absolute atomic E-state index is 5.87. The highest BCUT2D eigenvalue weighted by molar-refractivity contribution is 5.95. The third-order valence-electron chi connectivity index (χ3n) is 4.07. The minimum Gasteiger partial charge on any atom is -0.481 e. The second-order valence-corrected chi connectivity index (χ2v) is 5.31. The summed E-state index contributed by atoms with van der Waals surface area (Å²) in [6.45, 7) is 0. The number of hydrogen-bond donors (Lipinski definition) is 0. The molecule has 1 radical (unpaired) electrons. The summed E-state index contributed by atoms with van der Waals surface area (Å²) < 4.78 is 11.6.